The number of nitrogens with zero attached hydrogens (tertiary/aromatic N) is 2. The molecule has 0 radical (unpaired) electrons. The van der Waals surface area contributed by atoms with Crippen LogP contribution in [0.3, 0.4) is 0 Å². The van der Waals surface area contributed by atoms with Gasteiger partial charge in [-0.3, -0.25) is 14.9 Å². The van der Waals surface area contributed by atoms with Gasteiger partial charge >= 0.3 is 0 Å². The first-order valence-corrected chi connectivity index (χ1v) is 7.88. The summed E-state index contributed by atoms with van der Waals surface area (Å²) in [5.74, 6) is -0.376. The van der Waals surface area contributed by atoms with E-state index in [1.54, 1.807) is 20.0 Å². The molecular formula is C18H21N3O4. The number of carbonyl (C=O) groups is 1. The zero-order valence-electron chi connectivity index (χ0n) is 14.2. The Labute approximate surface area is 146 Å². The molecule has 132 valence electrons. The number of nitrogens with one attached hydrogen (secondary N) is 1. The second kappa shape index (κ2) is 8.25. The van der Waals surface area contributed by atoms with Gasteiger partial charge in [0.05, 0.1) is 17.6 Å². The molecular weight excluding hydrogens is 322 g/mol. The van der Waals surface area contributed by atoms with Crippen LogP contribution in [-0.4, -0.2) is 40.5 Å². The van der Waals surface area contributed by atoms with Crippen molar-refractivity contribution in [2.24, 2.45) is 0 Å². The van der Waals surface area contributed by atoms with E-state index in [1.165, 1.54) is 17.0 Å². The van der Waals surface area contributed by atoms with E-state index < -0.39 is 4.92 Å². The molecule has 0 fully saturated rings. The van der Waals surface area contributed by atoms with Gasteiger partial charge in [-0.15, -0.1) is 0 Å². The molecule has 0 bridgehead atoms. The molecule has 0 spiro atoms. The van der Waals surface area contributed by atoms with Gasteiger partial charge in [0.2, 0.25) is 0 Å². The van der Waals surface area contributed by atoms with Gasteiger partial charge in [0.25, 0.3) is 11.6 Å². The molecule has 0 saturated heterocycles. The Kier molecular flexibility index (Phi) is 6.08. The Morgan fingerprint density at radius 1 is 1.28 bits per heavy atom. The van der Waals surface area contributed by atoms with E-state index in [2.05, 4.69) is 5.32 Å². The van der Waals surface area contributed by atoms with Gasteiger partial charge in [0.15, 0.2) is 0 Å². The average Bonchev–Trinajstić information content (AvgIpc) is 2.65. The zero-order valence-corrected chi connectivity index (χ0v) is 14.2. The summed E-state index contributed by atoms with van der Waals surface area (Å²) in [4.78, 5) is 24.6. The number of aliphatic hydroxyl groups is 1. The van der Waals surface area contributed by atoms with Crippen LogP contribution in [0.25, 0.3) is 0 Å². The number of aliphatic hydroxyl groups excluding tert-OH is 1. The van der Waals surface area contributed by atoms with E-state index in [4.69, 9.17) is 5.11 Å². The molecule has 2 aromatic carbocycles. The van der Waals surface area contributed by atoms with Crippen LogP contribution in [0.2, 0.25) is 0 Å². The lowest BCUT2D eigenvalue weighted by Crippen LogP contribution is -2.37. The molecule has 1 unspecified atom stereocenters. The Balaban J connectivity index is 2.22. The molecule has 0 aromatic heterocycles. The van der Waals surface area contributed by atoms with Crippen molar-refractivity contribution in [2.45, 2.75) is 19.5 Å². The number of carbonyl (C=O) groups excluding carboxylic acids is 1. The molecule has 2 rings (SSSR count). The van der Waals surface area contributed by atoms with Crippen LogP contribution in [-0.2, 0) is 6.54 Å². The molecule has 1 amide bonds. The zero-order chi connectivity index (χ0) is 18.4. The van der Waals surface area contributed by atoms with Crippen molar-refractivity contribution in [3.63, 3.8) is 0 Å². The van der Waals surface area contributed by atoms with E-state index in [-0.39, 0.29) is 29.8 Å². The summed E-state index contributed by atoms with van der Waals surface area (Å²) in [6, 6.07) is 13.5. The Bertz CT molecular complexity index is 749. The number of hydrogen-bond acceptors (Lipinski definition) is 5. The number of anilines is 1. The van der Waals surface area contributed by atoms with Gasteiger partial charge in [0, 0.05) is 25.2 Å². The Morgan fingerprint density at radius 3 is 2.56 bits per heavy atom. The van der Waals surface area contributed by atoms with Gasteiger partial charge in [-0.1, -0.05) is 30.3 Å². The lowest BCUT2D eigenvalue weighted by Gasteiger charge is -2.23. The van der Waals surface area contributed by atoms with Crippen LogP contribution in [0.5, 0.6) is 0 Å². The second-order valence-electron chi connectivity index (χ2n) is 5.78. The van der Waals surface area contributed by atoms with E-state index >= 15 is 0 Å². The summed E-state index contributed by atoms with van der Waals surface area (Å²) in [6.45, 7) is 1.96. The third-order valence-corrected chi connectivity index (χ3v) is 4.01. The maximum absolute atomic E-state index is 12.4. The summed E-state index contributed by atoms with van der Waals surface area (Å²) >= 11 is 0. The molecule has 0 aliphatic heterocycles. The smallest absolute Gasteiger partial charge is 0.293 e. The normalized spacial score (nSPS) is 11.6. The molecule has 0 saturated carbocycles. The van der Waals surface area contributed by atoms with Crippen LogP contribution in [0.15, 0.2) is 48.5 Å². The van der Waals surface area contributed by atoms with Gasteiger partial charge in [-0.05, 0) is 24.6 Å². The third kappa shape index (κ3) is 4.54. The summed E-state index contributed by atoms with van der Waals surface area (Å²) in [5.41, 5.74) is 1.39. The number of nitro benzene ring substituents is 1. The molecule has 2 N–H and O–H groups in total. The van der Waals surface area contributed by atoms with Crippen molar-refractivity contribution < 1.29 is 14.8 Å². The second-order valence-corrected chi connectivity index (χ2v) is 5.78. The van der Waals surface area contributed by atoms with Crippen molar-refractivity contribution in [2.75, 3.05) is 19.0 Å². The minimum atomic E-state index is -0.514. The Hall–Kier alpha value is -2.93. The molecule has 1 atom stereocenters. The largest absolute Gasteiger partial charge is 0.394 e. The highest BCUT2D eigenvalue weighted by Crippen LogP contribution is 2.27. The SMILES string of the molecule is CC(CO)N(C)C(=O)c1ccc(NCc2ccccc2)c([N+](=O)[O-])c1. The molecule has 0 aliphatic rings. The first-order valence-electron chi connectivity index (χ1n) is 7.88. The van der Waals surface area contributed by atoms with Gasteiger partial charge in [-0.25, -0.2) is 0 Å². The maximum atomic E-state index is 12.4. The lowest BCUT2D eigenvalue weighted by molar-refractivity contribution is -0.384. The van der Waals surface area contributed by atoms with E-state index in [9.17, 15) is 14.9 Å². The van der Waals surface area contributed by atoms with Crippen LogP contribution < -0.4 is 5.32 Å². The number of nitro groups is 1. The number of amides is 1. The van der Waals surface area contributed by atoms with Crippen molar-refractivity contribution >= 4 is 17.3 Å². The summed E-state index contributed by atoms with van der Waals surface area (Å²) in [5, 5.41) is 23.6. The highest BCUT2D eigenvalue weighted by Gasteiger charge is 2.21. The van der Waals surface area contributed by atoms with Crippen molar-refractivity contribution in [1.82, 2.24) is 4.90 Å². The first kappa shape index (κ1) is 18.4. The number of likely N-dealkylation sites (N-methyl/N-ethyl adjacent to an activating group) is 1. The molecule has 7 heteroatoms. The summed E-state index contributed by atoms with van der Waals surface area (Å²) in [6.07, 6.45) is 0. The van der Waals surface area contributed by atoms with Crippen molar-refractivity contribution in [3.05, 3.63) is 69.8 Å². The van der Waals surface area contributed by atoms with Gasteiger partial charge < -0.3 is 15.3 Å². The van der Waals surface area contributed by atoms with Gasteiger partial charge in [0.1, 0.15) is 5.69 Å². The molecule has 0 aliphatic carbocycles. The van der Waals surface area contributed by atoms with Crippen LogP contribution in [0.1, 0.15) is 22.8 Å². The quantitative estimate of drug-likeness (QED) is 0.595. The van der Waals surface area contributed by atoms with Crippen LogP contribution in [0, 0.1) is 10.1 Å². The van der Waals surface area contributed by atoms with Gasteiger partial charge in [-0.2, -0.15) is 0 Å². The van der Waals surface area contributed by atoms with Crippen molar-refractivity contribution in [1.29, 1.82) is 0 Å². The van der Waals surface area contributed by atoms with E-state index in [0.29, 0.717) is 12.2 Å². The highest BCUT2D eigenvalue weighted by molar-refractivity contribution is 5.95. The average molecular weight is 343 g/mol. The summed E-state index contributed by atoms with van der Waals surface area (Å²) in [7, 11) is 1.55. The van der Waals surface area contributed by atoms with Crippen LogP contribution >= 0.6 is 0 Å². The predicted octanol–water partition coefficient (Wildman–Crippen LogP) is 2.66. The maximum Gasteiger partial charge on any atom is 0.293 e. The van der Waals surface area contributed by atoms with Crippen LogP contribution in [0.4, 0.5) is 11.4 Å². The minimum absolute atomic E-state index is 0.160. The topological polar surface area (TPSA) is 95.7 Å². The standard InChI is InChI=1S/C18H21N3O4/c1-13(12-22)20(2)18(23)15-8-9-16(17(10-15)21(24)25)19-11-14-6-4-3-5-7-14/h3-10,13,19,22H,11-12H2,1-2H3. The van der Waals surface area contributed by atoms with E-state index in [1.807, 2.05) is 30.3 Å². The number of hydrogen-bond donors (Lipinski definition) is 2. The number of rotatable bonds is 7. The fourth-order valence-electron chi connectivity index (χ4n) is 2.28. The highest BCUT2D eigenvalue weighted by atomic mass is 16.6. The first-order chi connectivity index (χ1) is 11.9. The fourth-order valence-corrected chi connectivity index (χ4v) is 2.28. The third-order valence-electron chi connectivity index (χ3n) is 4.01. The Morgan fingerprint density at radius 2 is 1.96 bits per heavy atom. The fraction of sp³-hybridized carbons (Fsp3) is 0.278. The molecule has 2 aromatic rings. The lowest BCUT2D eigenvalue weighted by atomic mass is 10.1. The predicted molar refractivity (Wildman–Crippen MR) is 95.5 cm³/mol. The monoisotopic (exact) mass is 343 g/mol. The summed E-state index contributed by atoms with van der Waals surface area (Å²) < 4.78 is 0. The van der Waals surface area contributed by atoms with Crippen molar-refractivity contribution in [3.8, 4) is 0 Å². The minimum Gasteiger partial charge on any atom is -0.394 e. The number of benzene rings is 2. The molecule has 7 nitrogen and oxygen atoms in total. The molecule has 0 heterocycles. The molecule has 25 heavy (non-hydrogen) atoms. The van der Waals surface area contributed by atoms with E-state index in [0.717, 1.165) is 5.56 Å².